The number of hydrogen-bond acceptors (Lipinski definition) is 5. The van der Waals surface area contributed by atoms with Gasteiger partial charge in [0.15, 0.2) is 5.65 Å². The van der Waals surface area contributed by atoms with E-state index < -0.39 is 0 Å². The molecule has 0 aliphatic carbocycles. The lowest BCUT2D eigenvalue weighted by Crippen LogP contribution is -2.10. The summed E-state index contributed by atoms with van der Waals surface area (Å²) < 4.78 is 3.66. The highest BCUT2D eigenvalue weighted by Gasteiger charge is 2.16. The molecule has 4 rings (SSSR count). The Bertz CT molecular complexity index is 1130. The summed E-state index contributed by atoms with van der Waals surface area (Å²) in [6, 6.07) is 5.88. The highest BCUT2D eigenvalue weighted by Crippen LogP contribution is 2.31. The minimum Gasteiger partial charge on any atom is -0.373 e. The van der Waals surface area contributed by atoms with Gasteiger partial charge in [-0.3, -0.25) is 4.79 Å². The molecule has 1 amide bonds. The number of nitrogens with one attached hydrogen (secondary N) is 2. The Kier molecular flexibility index (Phi) is 3.80. The molecule has 0 aliphatic heterocycles. The van der Waals surface area contributed by atoms with Crippen molar-refractivity contribution in [3.05, 3.63) is 36.8 Å². The average molecular weight is 349 g/mol. The third kappa shape index (κ3) is 2.46. The first kappa shape index (κ1) is 16.1. The number of carbonyl (C=O) groups excluding carboxylic acids is 1. The molecule has 4 aromatic rings. The van der Waals surface area contributed by atoms with E-state index in [4.69, 9.17) is 4.98 Å². The van der Waals surface area contributed by atoms with Crippen LogP contribution in [0.3, 0.4) is 0 Å². The van der Waals surface area contributed by atoms with Crippen molar-refractivity contribution >= 4 is 34.1 Å². The lowest BCUT2D eigenvalue weighted by Gasteiger charge is -2.08. The van der Waals surface area contributed by atoms with Crippen LogP contribution in [-0.4, -0.2) is 37.1 Å². The van der Waals surface area contributed by atoms with E-state index in [1.807, 2.05) is 50.0 Å². The van der Waals surface area contributed by atoms with E-state index in [0.29, 0.717) is 17.8 Å². The monoisotopic (exact) mass is 349 g/mol. The first-order valence-corrected chi connectivity index (χ1v) is 8.39. The molecule has 2 N–H and O–H groups in total. The van der Waals surface area contributed by atoms with Crippen LogP contribution in [-0.2, 0) is 11.8 Å². The number of anilines is 2. The van der Waals surface area contributed by atoms with Gasteiger partial charge in [0.25, 0.3) is 0 Å². The summed E-state index contributed by atoms with van der Waals surface area (Å²) in [5.41, 5.74) is 3.84. The molecule has 132 valence electrons. The molecule has 0 bridgehead atoms. The van der Waals surface area contributed by atoms with Crippen molar-refractivity contribution in [2.75, 3.05) is 17.7 Å². The summed E-state index contributed by atoms with van der Waals surface area (Å²) in [6.07, 6.45) is 5.80. The molecule has 8 nitrogen and oxygen atoms in total. The largest absolute Gasteiger partial charge is 0.373 e. The van der Waals surface area contributed by atoms with Crippen LogP contribution in [0.1, 0.15) is 13.3 Å². The summed E-state index contributed by atoms with van der Waals surface area (Å²) >= 11 is 0. The molecule has 26 heavy (non-hydrogen) atoms. The third-order valence-electron chi connectivity index (χ3n) is 4.33. The lowest BCUT2D eigenvalue weighted by molar-refractivity contribution is -0.115. The molecular formula is C18H19N7O. The van der Waals surface area contributed by atoms with Crippen LogP contribution in [0.5, 0.6) is 0 Å². The lowest BCUT2D eigenvalue weighted by atomic mass is 10.1. The molecule has 0 spiro atoms. The van der Waals surface area contributed by atoms with Crippen LogP contribution in [0.15, 0.2) is 36.8 Å². The number of carbonyl (C=O) groups is 1. The van der Waals surface area contributed by atoms with E-state index in [2.05, 4.69) is 20.7 Å². The number of rotatable bonds is 4. The molecule has 0 aromatic carbocycles. The van der Waals surface area contributed by atoms with Crippen LogP contribution in [0.25, 0.3) is 27.9 Å². The van der Waals surface area contributed by atoms with Gasteiger partial charge in [-0.05, 0) is 12.1 Å². The number of nitrogens with zero attached hydrogens (tertiary/aromatic N) is 5. The van der Waals surface area contributed by atoms with E-state index in [1.165, 1.54) is 0 Å². The molecule has 8 heteroatoms. The van der Waals surface area contributed by atoms with Gasteiger partial charge in [0.1, 0.15) is 17.2 Å². The number of amides is 1. The molecule has 0 atom stereocenters. The zero-order valence-electron chi connectivity index (χ0n) is 14.8. The molecule has 0 saturated heterocycles. The molecule has 0 radical (unpaired) electrons. The number of hydrogen-bond donors (Lipinski definition) is 2. The highest BCUT2D eigenvalue weighted by molar-refractivity contribution is 5.96. The Morgan fingerprint density at radius 1 is 1.31 bits per heavy atom. The van der Waals surface area contributed by atoms with Gasteiger partial charge in [0, 0.05) is 49.9 Å². The standard InChI is InChI=1S/C18H19N7O/c1-4-16(26)22-14-9-21-25-15(19-2)8-13(23-18(14)25)12-10-24(3)17-11(12)6-5-7-20-17/h5-10,19H,4H2,1-3H3,(H,22,26). The third-order valence-corrected chi connectivity index (χ3v) is 4.33. The molecule has 4 aromatic heterocycles. The predicted molar refractivity (Wildman–Crippen MR) is 101 cm³/mol. The fourth-order valence-corrected chi connectivity index (χ4v) is 3.02. The van der Waals surface area contributed by atoms with Crippen molar-refractivity contribution in [1.29, 1.82) is 0 Å². The maximum Gasteiger partial charge on any atom is 0.224 e. The predicted octanol–water partition coefficient (Wildman–Crippen LogP) is 2.67. The second-order valence-corrected chi connectivity index (χ2v) is 6.00. The van der Waals surface area contributed by atoms with Crippen LogP contribution >= 0.6 is 0 Å². The first-order chi connectivity index (χ1) is 12.6. The van der Waals surface area contributed by atoms with Gasteiger partial charge in [0.05, 0.1) is 11.9 Å². The maximum absolute atomic E-state index is 11.8. The fraction of sp³-hybridized carbons (Fsp3) is 0.222. The average Bonchev–Trinajstić information content (AvgIpc) is 3.22. The second-order valence-electron chi connectivity index (χ2n) is 6.00. The van der Waals surface area contributed by atoms with Crippen molar-refractivity contribution in [2.45, 2.75) is 13.3 Å². The number of aryl methyl sites for hydroxylation is 1. The quantitative estimate of drug-likeness (QED) is 0.591. The second kappa shape index (κ2) is 6.14. The number of aromatic nitrogens is 5. The van der Waals surface area contributed by atoms with Crippen molar-refractivity contribution < 1.29 is 4.79 Å². The Balaban J connectivity index is 1.95. The van der Waals surface area contributed by atoms with Gasteiger partial charge < -0.3 is 15.2 Å². The fourth-order valence-electron chi connectivity index (χ4n) is 3.02. The molecule has 4 heterocycles. The summed E-state index contributed by atoms with van der Waals surface area (Å²) in [7, 11) is 3.79. The van der Waals surface area contributed by atoms with Crippen molar-refractivity contribution in [1.82, 2.24) is 24.1 Å². The van der Waals surface area contributed by atoms with Crippen molar-refractivity contribution in [3.63, 3.8) is 0 Å². The topological polar surface area (TPSA) is 89.1 Å². The summed E-state index contributed by atoms with van der Waals surface area (Å²) in [4.78, 5) is 21.0. The Labute approximate surface area is 149 Å². The summed E-state index contributed by atoms with van der Waals surface area (Å²) in [5, 5.41) is 11.4. The molecular weight excluding hydrogens is 330 g/mol. The Morgan fingerprint density at radius 2 is 2.15 bits per heavy atom. The van der Waals surface area contributed by atoms with Gasteiger partial charge in [0.2, 0.25) is 5.91 Å². The normalized spacial score (nSPS) is 11.2. The van der Waals surface area contributed by atoms with Gasteiger partial charge >= 0.3 is 0 Å². The zero-order valence-corrected chi connectivity index (χ0v) is 14.8. The van der Waals surface area contributed by atoms with Crippen molar-refractivity contribution in [2.24, 2.45) is 7.05 Å². The minimum absolute atomic E-state index is 0.0764. The molecule has 0 aliphatic rings. The van der Waals surface area contributed by atoms with Crippen LogP contribution < -0.4 is 10.6 Å². The maximum atomic E-state index is 11.8. The van der Waals surface area contributed by atoms with E-state index in [-0.39, 0.29) is 5.91 Å². The van der Waals surface area contributed by atoms with Gasteiger partial charge in [-0.1, -0.05) is 6.92 Å². The highest BCUT2D eigenvalue weighted by atomic mass is 16.1. The SMILES string of the molecule is CCC(=O)Nc1cnn2c(NC)cc(-c3cn(C)c4ncccc34)nc12. The van der Waals surface area contributed by atoms with Crippen molar-refractivity contribution in [3.8, 4) is 11.3 Å². The summed E-state index contributed by atoms with van der Waals surface area (Å²) in [5.74, 6) is 0.704. The van der Waals surface area contributed by atoms with Crippen LogP contribution in [0.4, 0.5) is 11.5 Å². The number of pyridine rings is 1. The minimum atomic E-state index is -0.0764. The smallest absolute Gasteiger partial charge is 0.224 e. The zero-order chi connectivity index (χ0) is 18.3. The van der Waals surface area contributed by atoms with E-state index in [1.54, 1.807) is 16.9 Å². The van der Waals surface area contributed by atoms with E-state index in [9.17, 15) is 4.79 Å². The molecule has 0 fully saturated rings. The first-order valence-electron chi connectivity index (χ1n) is 8.39. The van der Waals surface area contributed by atoms with E-state index >= 15 is 0 Å². The Hall–Kier alpha value is -3.42. The van der Waals surface area contributed by atoms with Gasteiger partial charge in [-0.25, -0.2) is 9.97 Å². The molecule has 0 unspecified atom stereocenters. The van der Waals surface area contributed by atoms with Gasteiger partial charge in [-0.2, -0.15) is 9.61 Å². The van der Waals surface area contributed by atoms with Gasteiger partial charge in [-0.15, -0.1) is 0 Å². The number of fused-ring (bicyclic) bond motifs is 2. The van der Waals surface area contributed by atoms with Crippen LogP contribution in [0.2, 0.25) is 0 Å². The van der Waals surface area contributed by atoms with E-state index in [0.717, 1.165) is 28.1 Å². The molecule has 0 saturated carbocycles. The van der Waals surface area contributed by atoms with Crippen LogP contribution in [0, 0.1) is 0 Å². The summed E-state index contributed by atoms with van der Waals surface area (Å²) in [6.45, 7) is 1.81. The Morgan fingerprint density at radius 3 is 2.92 bits per heavy atom.